The predicted octanol–water partition coefficient (Wildman–Crippen LogP) is 3.72. The third-order valence-corrected chi connectivity index (χ3v) is 2.97. The van der Waals surface area contributed by atoms with Crippen molar-refractivity contribution in [1.29, 1.82) is 0 Å². The number of nitrogens with zero attached hydrogens (tertiary/aromatic N) is 2. The fraction of sp³-hybridized carbons (Fsp3) is 0.714. The molecule has 0 fully saturated rings. The van der Waals surface area contributed by atoms with Crippen molar-refractivity contribution in [2.24, 2.45) is 5.41 Å². The molecule has 5 heteroatoms. The molecule has 0 saturated carbocycles. The van der Waals surface area contributed by atoms with Crippen LogP contribution in [-0.4, -0.2) is 28.5 Å². The van der Waals surface area contributed by atoms with Crippen molar-refractivity contribution in [3.05, 3.63) is 12.4 Å². The summed E-state index contributed by atoms with van der Waals surface area (Å²) in [5, 5.41) is 3.31. The Kier molecular flexibility index (Phi) is 6.35. The summed E-state index contributed by atoms with van der Waals surface area (Å²) in [6.45, 7) is 9.21. The van der Waals surface area contributed by atoms with E-state index in [9.17, 15) is 0 Å². The van der Waals surface area contributed by atoms with Crippen LogP contribution in [0.4, 0.5) is 5.82 Å². The van der Waals surface area contributed by atoms with Crippen LogP contribution in [-0.2, 0) is 0 Å². The van der Waals surface area contributed by atoms with E-state index in [0.717, 1.165) is 25.2 Å². The van der Waals surface area contributed by atoms with Gasteiger partial charge >= 0.3 is 0 Å². The minimum Gasteiger partial charge on any atom is -0.474 e. The topological polar surface area (TPSA) is 47.0 Å². The Morgan fingerprint density at radius 2 is 2.11 bits per heavy atom. The van der Waals surface area contributed by atoms with Crippen LogP contribution in [0, 0.1) is 5.41 Å². The average molecular weight is 286 g/mol. The smallest absolute Gasteiger partial charge is 0.234 e. The first-order chi connectivity index (χ1) is 8.93. The zero-order valence-corrected chi connectivity index (χ0v) is 13.0. The van der Waals surface area contributed by atoms with Gasteiger partial charge in [0.05, 0.1) is 18.5 Å². The summed E-state index contributed by atoms with van der Waals surface area (Å²) in [6, 6.07) is 0. The molecule has 0 amide bonds. The summed E-state index contributed by atoms with van der Waals surface area (Å²) in [4.78, 5) is 8.50. The largest absolute Gasteiger partial charge is 0.474 e. The van der Waals surface area contributed by atoms with Crippen molar-refractivity contribution >= 4 is 17.4 Å². The van der Waals surface area contributed by atoms with E-state index in [4.69, 9.17) is 16.3 Å². The number of anilines is 1. The molecule has 0 spiro atoms. The molecule has 0 bridgehead atoms. The lowest BCUT2D eigenvalue weighted by molar-refractivity contribution is 0.232. The number of aromatic nitrogens is 2. The van der Waals surface area contributed by atoms with E-state index in [-0.39, 0.29) is 11.5 Å². The molecule has 4 nitrogen and oxygen atoms in total. The van der Waals surface area contributed by atoms with Gasteiger partial charge in [-0.05, 0) is 32.1 Å². The van der Waals surface area contributed by atoms with E-state index in [1.165, 1.54) is 0 Å². The first-order valence-corrected chi connectivity index (χ1v) is 7.25. The molecule has 1 N–H and O–H groups in total. The molecular formula is C14H24ClN3O. The minimum atomic E-state index is 0.102. The van der Waals surface area contributed by atoms with Crippen LogP contribution in [0.25, 0.3) is 0 Å². The lowest BCUT2D eigenvalue weighted by Gasteiger charge is -2.24. The Morgan fingerprint density at radius 3 is 2.74 bits per heavy atom. The van der Waals surface area contributed by atoms with Crippen LogP contribution in [0.2, 0.25) is 0 Å². The second-order valence-corrected chi connectivity index (χ2v) is 6.10. The number of hydrogen-bond acceptors (Lipinski definition) is 4. The molecule has 0 aliphatic heterocycles. The van der Waals surface area contributed by atoms with Crippen molar-refractivity contribution in [3.8, 4) is 5.88 Å². The highest BCUT2D eigenvalue weighted by Gasteiger charge is 2.17. The maximum absolute atomic E-state index is 5.73. The summed E-state index contributed by atoms with van der Waals surface area (Å²) in [7, 11) is 0. The van der Waals surface area contributed by atoms with Gasteiger partial charge in [0, 0.05) is 12.4 Å². The maximum atomic E-state index is 5.73. The second-order valence-electron chi connectivity index (χ2n) is 5.72. The normalized spacial score (nSPS) is 11.7. The maximum Gasteiger partial charge on any atom is 0.234 e. The highest BCUT2D eigenvalue weighted by atomic mass is 35.5. The van der Waals surface area contributed by atoms with E-state index in [1.54, 1.807) is 12.4 Å². The van der Waals surface area contributed by atoms with Gasteiger partial charge in [0.2, 0.25) is 5.88 Å². The van der Waals surface area contributed by atoms with Crippen LogP contribution >= 0.6 is 11.6 Å². The fourth-order valence-corrected chi connectivity index (χ4v) is 1.83. The van der Waals surface area contributed by atoms with Crippen molar-refractivity contribution in [2.45, 2.75) is 46.6 Å². The van der Waals surface area contributed by atoms with Gasteiger partial charge in [0.25, 0.3) is 0 Å². The van der Waals surface area contributed by atoms with Crippen molar-refractivity contribution in [2.75, 3.05) is 17.7 Å². The van der Waals surface area contributed by atoms with Gasteiger partial charge in [0.1, 0.15) is 5.82 Å². The molecule has 108 valence electrons. The minimum absolute atomic E-state index is 0.102. The van der Waals surface area contributed by atoms with Gasteiger partial charge in [0.15, 0.2) is 0 Å². The van der Waals surface area contributed by atoms with Gasteiger partial charge in [-0.15, -0.1) is 11.6 Å². The van der Waals surface area contributed by atoms with E-state index < -0.39 is 0 Å². The lowest BCUT2D eigenvalue weighted by atomic mass is 9.88. The molecule has 1 heterocycles. The fourth-order valence-electron chi connectivity index (χ4n) is 1.70. The van der Waals surface area contributed by atoms with Crippen LogP contribution in [0.15, 0.2) is 12.4 Å². The van der Waals surface area contributed by atoms with E-state index in [2.05, 4.69) is 29.1 Å². The predicted molar refractivity (Wildman–Crippen MR) is 80.0 cm³/mol. The molecule has 0 aliphatic carbocycles. The molecule has 0 unspecified atom stereocenters. The van der Waals surface area contributed by atoms with Crippen molar-refractivity contribution in [1.82, 2.24) is 9.97 Å². The first-order valence-electron chi connectivity index (χ1n) is 6.71. The number of alkyl halides is 1. The molecule has 19 heavy (non-hydrogen) atoms. The Morgan fingerprint density at radius 1 is 1.37 bits per heavy atom. The zero-order valence-electron chi connectivity index (χ0n) is 12.2. The summed E-state index contributed by atoms with van der Waals surface area (Å²) in [5.74, 6) is 2.01. The SMILES string of the molecule is CC(C)Oc1cncc(NCC(C)(C)CCCCl)n1. The monoisotopic (exact) mass is 285 g/mol. The van der Waals surface area contributed by atoms with Crippen molar-refractivity contribution < 1.29 is 4.74 Å². The summed E-state index contributed by atoms with van der Waals surface area (Å²) in [6.07, 6.45) is 5.55. The highest BCUT2D eigenvalue weighted by Crippen LogP contribution is 2.23. The van der Waals surface area contributed by atoms with Crippen LogP contribution in [0.3, 0.4) is 0 Å². The van der Waals surface area contributed by atoms with E-state index in [0.29, 0.717) is 11.8 Å². The third kappa shape index (κ3) is 6.62. The number of halogens is 1. The molecule has 1 rings (SSSR count). The Labute approximate surface area is 120 Å². The van der Waals surface area contributed by atoms with Gasteiger partial charge in [-0.2, -0.15) is 4.98 Å². The molecule has 0 aromatic carbocycles. The Bertz CT molecular complexity index is 383. The Hall–Kier alpha value is -1.03. The van der Waals surface area contributed by atoms with Gasteiger partial charge in [-0.3, -0.25) is 4.98 Å². The van der Waals surface area contributed by atoms with Gasteiger partial charge in [-0.25, -0.2) is 0 Å². The summed E-state index contributed by atoms with van der Waals surface area (Å²) < 4.78 is 5.52. The zero-order chi connectivity index (χ0) is 14.3. The molecule has 1 aromatic rings. The van der Waals surface area contributed by atoms with E-state index >= 15 is 0 Å². The van der Waals surface area contributed by atoms with Gasteiger partial charge < -0.3 is 10.1 Å². The molecule has 0 atom stereocenters. The third-order valence-electron chi connectivity index (χ3n) is 2.70. The number of hydrogen-bond donors (Lipinski definition) is 1. The lowest BCUT2D eigenvalue weighted by Crippen LogP contribution is -2.23. The summed E-state index contributed by atoms with van der Waals surface area (Å²) in [5.41, 5.74) is 0.186. The second kappa shape index (κ2) is 7.53. The van der Waals surface area contributed by atoms with Crippen LogP contribution < -0.4 is 10.1 Å². The molecule has 0 saturated heterocycles. The standard InChI is InChI=1S/C14H24ClN3O/c1-11(2)19-13-9-16-8-12(18-13)17-10-14(3,4)6-5-7-15/h8-9,11H,5-7,10H2,1-4H3,(H,17,18). The van der Waals surface area contributed by atoms with Gasteiger partial charge in [-0.1, -0.05) is 13.8 Å². The Balaban J connectivity index is 2.52. The molecular weight excluding hydrogens is 262 g/mol. The number of rotatable bonds is 8. The molecule has 0 radical (unpaired) electrons. The number of ether oxygens (including phenoxy) is 1. The van der Waals surface area contributed by atoms with Crippen LogP contribution in [0.1, 0.15) is 40.5 Å². The molecule has 1 aromatic heterocycles. The van der Waals surface area contributed by atoms with Crippen molar-refractivity contribution in [3.63, 3.8) is 0 Å². The quantitative estimate of drug-likeness (QED) is 0.740. The average Bonchev–Trinajstić information content (AvgIpc) is 2.34. The number of nitrogens with one attached hydrogen (secondary N) is 1. The van der Waals surface area contributed by atoms with E-state index in [1.807, 2.05) is 13.8 Å². The van der Waals surface area contributed by atoms with Crippen LogP contribution in [0.5, 0.6) is 5.88 Å². The first kappa shape index (κ1) is 16.0. The summed E-state index contributed by atoms with van der Waals surface area (Å²) >= 11 is 5.73. The molecule has 0 aliphatic rings. The highest BCUT2D eigenvalue weighted by molar-refractivity contribution is 6.17.